The van der Waals surface area contributed by atoms with Crippen LogP contribution in [0.5, 0.6) is 0 Å². The van der Waals surface area contributed by atoms with Crippen molar-refractivity contribution in [3.63, 3.8) is 0 Å². The van der Waals surface area contributed by atoms with Gasteiger partial charge < -0.3 is 24.8 Å². The summed E-state index contributed by atoms with van der Waals surface area (Å²) in [5, 5.41) is 0. The molecular formula is C22H34Cl2Zr. The van der Waals surface area contributed by atoms with E-state index in [1.807, 2.05) is 0 Å². The molecule has 0 bridgehead atoms. The third kappa shape index (κ3) is 10.2. The van der Waals surface area contributed by atoms with Crippen LogP contribution in [0.3, 0.4) is 0 Å². The number of rotatable bonds is 6. The molecule has 25 heavy (non-hydrogen) atoms. The average molecular weight is 461 g/mol. The fourth-order valence-corrected chi connectivity index (χ4v) is 2.73. The SMILES string of the molecule is CCCC[c-]1ccc(C)c1C.CCCC[c-]1ccc(C)c1C.[Cl-].[Cl-].[Zr+4]. The second-order valence-electron chi connectivity index (χ2n) is 6.54. The summed E-state index contributed by atoms with van der Waals surface area (Å²) in [6, 6.07) is 8.97. The number of unbranched alkanes of at least 4 members (excludes halogenated alkanes) is 2. The standard InChI is InChI=1S/2C11H17.2ClH.Zr/c2*1-4-5-6-11-8-7-9(2)10(11)3;;;/h2*7-8H,4-6H2,1-3H3;2*1H;/q2*-1;;;+4/p-2. The van der Waals surface area contributed by atoms with E-state index in [0.717, 1.165) is 0 Å². The van der Waals surface area contributed by atoms with Gasteiger partial charge in [-0.15, -0.1) is 0 Å². The van der Waals surface area contributed by atoms with Gasteiger partial charge in [0.05, 0.1) is 0 Å². The minimum atomic E-state index is 0. The number of hydrogen-bond donors (Lipinski definition) is 0. The molecule has 2 aromatic rings. The van der Waals surface area contributed by atoms with Crippen molar-refractivity contribution in [2.24, 2.45) is 0 Å². The van der Waals surface area contributed by atoms with Crippen LogP contribution in [-0.2, 0) is 39.0 Å². The Morgan fingerprint density at radius 3 is 1.20 bits per heavy atom. The van der Waals surface area contributed by atoms with Gasteiger partial charge in [0, 0.05) is 0 Å². The Kier molecular flexibility index (Phi) is 19.6. The van der Waals surface area contributed by atoms with Gasteiger partial charge in [-0.05, 0) is 0 Å². The van der Waals surface area contributed by atoms with E-state index in [4.69, 9.17) is 0 Å². The summed E-state index contributed by atoms with van der Waals surface area (Å²) in [5.41, 5.74) is 8.97. The molecule has 0 atom stereocenters. The molecule has 0 saturated heterocycles. The van der Waals surface area contributed by atoms with Gasteiger partial charge in [-0.2, -0.15) is 45.5 Å². The minimum absolute atomic E-state index is 0. The smallest absolute Gasteiger partial charge is 1.00 e. The maximum Gasteiger partial charge on any atom is 4.00 e. The minimum Gasteiger partial charge on any atom is -1.00 e. The fraction of sp³-hybridized carbons (Fsp3) is 0.545. The van der Waals surface area contributed by atoms with E-state index in [-0.39, 0.29) is 51.0 Å². The molecule has 2 rings (SSSR count). The molecule has 0 fully saturated rings. The molecule has 0 nitrogen and oxygen atoms in total. The first-order valence-corrected chi connectivity index (χ1v) is 8.94. The molecule has 140 valence electrons. The van der Waals surface area contributed by atoms with Crippen LogP contribution in [0.15, 0.2) is 24.3 Å². The van der Waals surface area contributed by atoms with Crippen molar-refractivity contribution in [1.82, 2.24) is 0 Å². The Balaban J connectivity index is -0.000000346. The number of aryl methyl sites for hydroxylation is 4. The Bertz CT molecular complexity index is 502. The molecule has 0 unspecified atom stereocenters. The van der Waals surface area contributed by atoms with Gasteiger partial charge in [-0.25, -0.2) is 12.1 Å². The predicted molar refractivity (Wildman–Crippen MR) is 100 cm³/mol. The third-order valence-electron chi connectivity index (χ3n) is 4.81. The zero-order valence-electron chi connectivity index (χ0n) is 16.8. The molecule has 0 saturated carbocycles. The molecule has 0 amide bonds. The van der Waals surface area contributed by atoms with Crippen LogP contribution in [-0.4, -0.2) is 0 Å². The summed E-state index contributed by atoms with van der Waals surface area (Å²) in [4.78, 5) is 0. The quantitative estimate of drug-likeness (QED) is 0.558. The van der Waals surface area contributed by atoms with Gasteiger partial charge in [0.1, 0.15) is 0 Å². The molecule has 0 aliphatic heterocycles. The van der Waals surface area contributed by atoms with Crippen LogP contribution in [0, 0.1) is 27.7 Å². The Morgan fingerprint density at radius 1 is 0.680 bits per heavy atom. The zero-order valence-corrected chi connectivity index (χ0v) is 20.8. The summed E-state index contributed by atoms with van der Waals surface area (Å²) < 4.78 is 0. The molecule has 2 aromatic carbocycles. The molecule has 0 radical (unpaired) electrons. The van der Waals surface area contributed by atoms with Gasteiger partial charge in [-0.3, -0.25) is 0 Å². The van der Waals surface area contributed by atoms with Crippen molar-refractivity contribution in [1.29, 1.82) is 0 Å². The van der Waals surface area contributed by atoms with E-state index in [1.54, 1.807) is 11.1 Å². The second-order valence-corrected chi connectivity index (χ2v) is 6.54. The molecular weight excluding hydrogens is 426 g/mol. The maximum atomic E-state index is 2.26. The summed E-state index contributed by atoms with van der Waals surface area (Å²) >= 11 is 0. The molecule has 0 aliphatic rings. The molecule has 0 aromatic heterocycles. The molecule has 0 aliphatic carbocycles. The fourth-order valence-electron chi connectivity index (χ4n) is 2.73. The van der Waals surface area contributed by atoms with Crippen molar-refractivity contribution in [2.45, 2.75) is 80.1 Å². The van der Waals surface area contributed by atoms with Gasteiger partial charge in [0.2, 0.25) is 0 Å². The van der Waals surface area contributed by atoms with Crippen LogP contribution in [0.4, 0.5) is 0 Å². The summed E-state index contributed by atoms with van der Waals surface area (Å²) in [6.45, 7) is 13.3. The first kappa shape index (κ1) is 29.9. The van der Waals surface area contributed by atoms with E-state index in [9.17, 15) is 0 Å². The van der Waals surface area contributed by atoms with Crippen LogP contribution in [0.2, 0.25) is 0 Å². The first-order chi connectivity index (χ1) is 10.5. The first-order valence-electron chi connectivity index (χ1n) is 8.94. The molecule has 0 N–H and O–H groups in total. The van der Waals surface area contributed by atoms with E-state index in [1.165, 1.54) is 60.8 Å². The summed E-state index contributed by atoms with van der Waals surface area (Å²) in [5.74, 6) is 0. The summed E-state index contributed by atoms with van der Waals surface area (Å²) in [7, 11) is 0. The van der Waals surface area contributed by atoms with Gasteiger partial charge in [0.25, 0.3) is 0 Å². The Labute approximate surface area is 187 Å². The van der Waals surface area contributed by atoms with E-state index in [0.29, 0.717) is 0 Å². The number of halogens is 2. The van der Waals surface area contributed by atoms with Crippen molar-refractivity contribution in [3.05, 3.63) is 57.6 Å². The molecule has 0 spiro atoms. The Hall–Kier alpha value is 0.163. The second kappa shape index (κ2) is 16.3. The van der Waals surface area contributed by atoms with Crippen LogP contribution < -0.4 is 24.8 Å². The van der Waals surface area contributed by atoms with Crippen molar-refractivity contribution < 1.29 is 51.0 Å². The number of hydrogen-bond acceptors (Lipinski definition) is 0. The topological polar surface area (TPSA) is 0 Å². The van der Waals surface area contributed by atoms with E-state index >= 15 is 0 Å². The third-order valence-corrected chi connectivity index (χ3v) is 4.81. The van der Waals surface area contributed by atoms with E-state index in [2.05, 4.69) is 65.8 Å². The molecule has 0 heterocycles. The van der Waals surface area contributed by atoms with Gasteiger partial charge in [0.15, 0.2) is 0 Å². The van der Waals surface area contributed by atoms with Crippen LogP contribution >= 0.6 is 0 Å². The largest absolute Gasteiger partial charge is 4.00 e. The normalized spacial score (nSPS) is 9.20. The van der Waals surface area contributed by atoms with Crippen molar-refractivity contribution >= 4 is 0 Å². The average Bonchev–Trinajstić information content (AvgIpc) is 3.00. The van der Waals surface area contributed by atoms with Crippen molar-refractivity contribution in [2.75, 3.05) is 0 Å². The Morgan fingerprint density at radius 2 is 1.00 bits per heavy atom. The van der Waals surface area contributed by atoms with Gasteiger partial charge in [-0.1, -0.05) is 80.1 Å². The van der Waals surface area contributed by atoms with Crippen molar-refractivity contribution in [3.8, 4) is 0 Å². The van der Waals surface area contributed by atoms with Crippen LogP contribution in [0.25, 0.3) is 0 Å². The zero-order chi connectivity index (χ0) is 16.5. The van der Waals surface area contributed by atoms with Crippen LogP contribution in [0.1, 0.15) is 72.9 Å². The summed E-state index contributed by atoms with van der Waals surface area (Å²) in [6.07, 6.45) is 7.76. The predicted octanol–water partition coefficient (Wildman–Crippen LogP) is 0.735. The monoisotopic (exact) mass is 458 g/mol. The van der Waals surface area contributed by atoms with E-state index < -0.39 is 0 Å². The van der Waals surface area contributed by atoms with Gasteiger partial charge >= 0.3 is 26.2 Å². The molecule has 3 heteroatoms. The maximum absolute atomic E-state index is 2.26.